The normalized spacial score (nSPS) is 10.0. The Morgan fingerprint density at radius 2 is 2.00 bits per heavy atom. The molecule has 3 heteroatoms. The van der Waals surface area contributed by atoms with Crippen molar-refractivity contribution < 1.29 is 9.18 Å². The zero-order chi connectivity index (χ0) is 9.68. The molecule has 0 saturated heterocycles. The SMILES string of the molecule is CCC(=O)CSc1ccc(F)cc1. The van der Waals surface area contributed by atoms with Gasteiger partial charge < -0.3 is 0 Å². The van der Waals surface area contributed by atoms with Crippen molar-refractivity contribution in [3.63, 3.8) is 0 Å². The molecule has 0 aromatic heterocycles. The largest absolute Gasteiger partial charge is 0.299 e. The van der Waals surface area contributed by atoms with E-state index in [1.807, 2.05) is 6.92 Å². The number of halogens is 1. The van der Waals surface area contributed by atoms with Crippen LogP contribution < -0.4 is 0 Å². The van der Waals surface area contributed by atoms with E-state index in [1.165, 1.54) is 23.9 Å². The highest BCUT2D eigenvalue weighted by Gasteiger charge is 1.99. The van der Waals surface area contributed by atoms with Crippen LogP contribution in [0.5, 0.6) is 0 Å². The van der Waals surface area contributed by atoms with Crippen molar-refractivity contribution in [3.05, 3.63) is 30.1 Å². The van der Waals surface area contributed by atoms with Gasteiger partial charge in [0.25, 0.3) is 0 Å². The third-order valence-corrected chi connectivity index (χ3v) is 2.68. The van der Waals surface area contributed by atoms with Crippen LogP contribution in [0.25, 0.3) is 0 Å². The first-order valence-electron chi connectivity index (χ1n) is 4.12. The number of thioether (sulfide) groups is 1. The van der Waals surface area contributed by atoms with Gasteiger partial charge in [-0.05, 0) is 24.3 Å². The van der Waals surface area contributed by atoms with E-state index in [1.54, 1.807) is 12.1 Å². The molecule has 0 atom stereocenters. The van der Waals surface area contributed by atoms with Crippen LogP contribution in [0, 0.1) is 5.82 Å². The van der Waals surface area contributed by atoms with Crippen molar-refractivity contribution in [2.45, 2.75) is 18.2 Å². The standard InChI is InChI=1S/C10H11FOS/c1-2-9(12)7-13-10-5-3-8(11)4-6-10/h3-6H,2,7H2,1H3. The summed E-state index contributed by atoms with van der Waals surface area (Å²) in [7, 11) is 0. The summed E-state index contributed by atoms with van der Waals surface area (Å²) in [6.07, 6.45) is 0.564. The topological polar surface area (TPSA) is 17.1 Å². The average Bonchev–Trinajstić information content (AvgIpc) is 2.16. The molecule has 70 valence electrons. The smallest absolute Gasteiger partial charge is 0.142 e. The maximum absolute atomic E-state index is 12.5. The van der Waals surface area contributed by atoms with E-state index < -0.39 is 0 Å². The highest BCUT2D eigenvalue weighted by molar-refractivity contribution is 8.00. The van der Waals surface area contributed by atoms with Gasteiger partial charge in [-0.2, -0.15) is 0 Å². The first-order valence-corrected chi connectivity index (χ1v) is 5.11. The van der Waals surface area contributed by atoms with Crippen LogP contribution in [-0.2, 0) is 4.79 Å². The number of hydrogen-bond acceptors (Lipinski definition) is 2. The summed E-state index contributed by atoms with van der Waals surface area (Å²) < 4.78 is 12.5. The maximum Gasteiger partial charge on any atom is 0.142 e. The van der Waals surface area contributed by atoms with Gasteiger partial charge in [0.15, 0.2) is 0 Å². The molecule has 0 aliphatic rings. The van der Waals surface area contributed by atoms with E-state index in [0.29, 0.717) is 12.2 Å². The maximum atomic E-state index is 12.5. The Balaban J connectivity index is 2.46. The van der Waals surface area contributed by atoms with Crippen LogP contribution in [-0.4, -0.2) is 11.5 Å². The Hall–Kier alpha value is -0.830. The first-order chi connectivity index (χ1) is 6.22. The molecule has 0 heterocycles. The number of ketones is 1. The molecule has 0 unspecified atom stereocenters. The molecule has 0 bridgehead atoms. The molecule has 0 aliphatic heterocycles. The van der Waals surface area contributed by atoms with Crippen molar-refractivity contribution in [3.8, 4) is 0 Å². The van der Waals surface area contributed by atoms with Gasteiger partial charge in [0, 0.05) is 11.3 Å². The molecule has 0 saturated carbocycles. The second-order valence-electron chi connectivity index (χ2n) is 2.63. The molecular formula is C10H11FOS. The van der Waals surface area contributed by atoms with Crippen LogP contribution in [0.3, 0.4) is 0 Å². The summed E-state index contributed by atoms with van der Waals surface area (Å²) in [6.45, 7) is 1.84. The van der Waals surface area contributed by atoms with Crippen molar-refractivity contribution in [1.29, 1.82) is 0 Å². The van der Waals surface area contributed by atoms with Crippen molar-refractivity contribution in [1.82, 2.24) is 0 Å². The lowest BCUT2D eigenvalue weighted by molar-refractivity contribution is -0.116. The number of benzene rings is 1. The minimum Gasteiger partial charge on any atom is -0.299 e. The summed E-state index contributed by atoms with van der Waals surface area (Å²) in [6, 6.07) is 6.17. The molecule has 0 N–H and O–H groups in total. The molecule has 0 radical (unpaired) electrons. The van der Waals surface area contributed by atoms with Crippen LogP contribution >= 0.6 is 11.8 Å². The zero-order valence-corrected chi connectivity index (χ0v) is 8.23. The molecule has 0 spiro atoms. The zero-order valence-electron chi connectivity index (χ0n) is 7.42. The number of hydrogen-bond donors (Lipinski definition) is 0. The summed E-state index contributed by atoms with van der Waals surface area (Å²) in [5.41, 5.74) is 0. The Morgan fingerprint density at radius 1 is 1.38 bits per heavy atom. The van der Waals surface area contributed by atoms with E-state index in [2.05, 4.69) is 0 Å². The summed E-state index contributed by atoms with van der Waals surface area (Å²) in [5.74, 6) is 0.447. The van der Waals surface area contributed by atoms with E-state index in [0.717, 1.165) is 4.90 Å². The predicted molar refractivity (Wildman–Crippen MR) is 52.4 cm³/mol. The van der Waals surface area contributed by atoms with E-state index in [-0.39, 0.29) is 11.6 Å². The number of Topliss-reactive ketones (excluding diaryl/α,β-unsaturated/α-hetero) is 1. The average molecular weight is 198 g/mol. The van der Waals surface area contributed by atoms with Crippen LogP contribution in [0.2, 0.25) is 0 Å². The fourth-order valence-corrected chi connectivity index (χ4v) is 1.66. The Morgan fingerprint density at radius 3 is 2.54 bits per heavy atom. The van der Waals surface area contributed by atoms with Gasteiger partial charge in [-0.1, -0.05) is 6.92 Å². The lowest BCUT2D eigenvalue weighted by Crippen LogP contribution is -1.97. The highest BCUT2D eigenvalue weighted by atomic mass is 32.2. The summed E-state index contributed by atoms with van der Waals surface area (Å²) in [5, 5.41) is 0. The molecule has 0 amide bonds. The van der Waals surface area contributed by atoms with Crippen LogP contribution in [0.1, 0.15) is 13.3 Å². The van der Waals surface area contributed by atoms with Gasteiger partial charge in [0.05, 0.1) is 5.75 Å². The molecule has 0 aliphatic carbocycles. The lowest BCUT2D eigenvalue weighted by atomic mass is 10.3. The molecule has 1 rings (SSSR count). The molecule has 1 nitrogen and oxygen atoms in total. The number of carbonyl (C=O) groups is 1. The molecule has 13 heavy (non-hydrogen) atoms. The highest BCUT2D eigenvalue weighted by Crippen LogP contribution is 2.18. The minimum atomic E-state index is -0.244. The first kappa shape index (κ1) is 10.3. The van der Waals surface area contributed by atoms with Crippen molar-refractivity contribution >= 4 is 17.5 Å². The monoisotopic (exact) mass is 198 g/mol. The minimum absolute atomic E-state index is 0.217. The third-order valence-electron chi connectivity index (χ3n) is 1.61. The van der Waals surface area contributed by atoms with Crippen LogP contribution in [0.4, 0.5) is 4.39 Å². The molecular weight excluding hydrogens is 187 g/mol. The fraction of sp³-hybridized carbons (Fsp3) is 0.300. The van der Waals surface area contributed by atoms with E-state index in [9.17, 15) is 9.18 Å². The van der Waals surface area contributed by atoms with Gasteiger partial charge in [0.1, 0.15) is 11.6 Å². The van der Waals surface area contributed by atoms with E-state index >= 15 is 0 Å². The Kier molecular flexibility index (Phi) is 3.96. The van der Waals surface area contributed by atoms with Gasteiger partial charge in [0.2, 0.25) is 0 Å². The molecule has 1 aromatic carbocycles. The summed E-state index contributed by atoms with van der Waals surface area (Å²) >= 11 is 1.45. The van der Waals surface area contributed by atoms with Gasteiger partial charge in [-0.15, -0.1) is 11.8 Å². The quantitative estimate of drug-likeness (QED) is 0.692. The Bertz CT molecular complexity index is 281. The number of carbonyl (C=O) groups excluding carboxylic acids is 1. The van der Waals surface area contributed by atoms with E-state index in [4.69, 9.17) is 0 Å². The number of rotatable bonds is 4. The fourth-order valence-electron chi connectivity index (χ4n) is 0.797. The predicted octanol–water partition coefficient (Wildman–Crippen LogP) is 2.90. The molecule has 1 aromatic rings. The molecule has 0 fully saturated rings. The van der Waals surface area contributed by atoms with Gasteiger partial charge >= 0.3 is 0 Å². The third kappa shape index (κ3) is 3.59. The van der Waals surface area contributed by atoms with Gasteiger partial charge in [-0.25, -0.2) is 4.39 Å². The second-order valence-corrected chi connectivity index (χ2v) is 3.68. The van der Waals surface area contributed by atoms with Crippen molar-refractivity contribution in [2.24, 2.45) is 0 Å². The lowest BCUT2D eigenvalue weighted by Gasteiger charge is -1.98. The Labute approximate surface area is 81.3 Å². The second kappa shape index (κ2) is 5.02. The van der Waals surface area contributed by atoms with Crippen molar-refractivity contribution in [2.75, 3.05) is 5.75 Å². The van der Waals surface area contributed by atoms with Gasteiger partial charge in [-0.3, -0.25) is 4.79 Å². The summed E-state index contributed by atoms with van der Waals surface area (Å²) in [4.78, 5) is 11.9. The van der Waals surface area contributed by atoms with Crippen LogP contribution in [0.15, 0.2) is 29.2 Å².